The highest BCUT2D eigenvalue weighted by atomic mass is 19.1. The molecule has 5 rings (SSSR count). The Morgan fingerprint density at radius 2 is 1.72 bits per heavy atom. The van der Waals surface area contributed by atoms with Crippen LogP contribution in [-0.2, 0) is 11.3 Å². The number of ether oxygens (including phenoxy) is 1. The summed E-state index contributed by atoms with van der Waals surface area (Å²) in [6, 6.07) is 22.8. The molecule has 0 spiro atoms. The Hall–Kier alpha value is -3.14. The molecule has 0 radical (unpaired) electrons. The summed E-state index contributed by atoms with van der Waals surface area (Å²) in [5.41, 5.74) is 5.55. The number of carbonyl (C=O) groups excluding carboxylic acids is 1. The summed E-state index contributed by atoms with van der Waals surface area (Å²) in [6.45, 7) is 0.998. The lowest BCUT2D eigenvalue weighted by Crippen LogP contribution is -2.37. The Kier molecular flexibility index (Phi) is 4.55. The molecule has 3 aromatic carbocycles. The van der Waals surface area contributed by atoms with Crippen molar-refractivity contribution in [1.29, 1.82) is 0 Å². The van der Waals surface area contributed by atoms with E-state index in [-0.39, 0.29) is 24.6 Å². The molecular weight excluding hydrogens is 365 g/mol. The zero-order valence-electron chi connectivity index (χ0n) is 16.1. The molecule has 0 saturated carbocycles. The molecule has 1 fully saturated rings. The highest BCUT2D eigenvalue weighted by Gasteiger charge is 2.41. The molecule has 1 heterocycles. The van der Waals surface area contributed by atoms with Gasteiger partial charge in [0.25, 0.3) is 0 Å². The molecule has 0 N–H and O–H groups in total. The van der Waals surface area contributed by atoms with E-state index >= 15 is 0 Å². The van der Waals surface area contributed by atoms with E-state index in [1.54, 1.807) is 12.1 Å². The van der Waals surface area contributed by atoms with Crippen LogP contribution in [0.5, 0.6) is 0 Å². The van der Waals surface area contributed by atoms with Crippen LogP contribution in [0.15, 0.2) is 72.8 Å². The zero-order valence-corrected chi connectivity index (χ0v) is 16.1. The van der Waals surface area contributed by atoms with Crippen molar-refractivity contribution in [2.75, 3.05) is 6.54 Å². The molecule has 2 aliphatic rings. The van der Waals surface area contributed by atoms with Gasteiger partial charge in [0.2, 0.25) is 0 Å². The van der Waals surface area contributed by atoms with Gasteiger partial charge in [0.15, 0.2) is 0 Å². The average molecular weight is 387 g/mol. The van der Waals surface area contributed by atoms with Gasteiger partial charge in [0.05, 0.1) is 6.04 Å². The van der Waals surface area contributed by atoms with E-state index in [0.29, 0.717) is 12.5 Å². The predicted molar refractivity (Wildman–Crippen MR) is 110 cm³/mol. The summed E-state index contributed by atoms with van der Waals surface area (Å²) in [5.74, 6) is 0.258. The molecule has 3 nitrogen and oxygen atoms in total. The molecule has 1 saturated heterocycles. The van der Waals surface area contributed by atoms with E-state index < -0.39 is 0 Å². The maximum absolute atomic E-state index is 13.3. The second kappa shape index (κ2) is 7.36. The Labute approximate surface area is 169 Å². The van der Waals surface area contributed by atoms with E-state index in [9.17, 15) is 9.18 Å². The molecule has 1 amide bonds. The Morgan fingerprint density at radius 3 is 2.52 bits per heavy atom. The number of hydrogen-bond acceptors (Lipinski definition) is 2. The molecule has 3 aromatic rings. The summed E-state index contributed by atoms with van der Waals surface area (Å²) in [4.78, 5) is 14.7. The average Bonchev–Trinajstić information content (AvgIpc) is 3.05. The Morgan fingerprint density at radius 1 is 0.966 bits per heavy atom. The minimum absolute atomic E-state index is 0.0485. The summed E-state index contributed by atoms with van der Waals surface area (Å²) in [7, 11) is 0. The third kappa shape index (κ3) is 3.39. The fraction of sp³-hybridized carbons (Fsp3) is 0.240. The molecule has 4 heteroatoms. The molecule has 2 bridgehead atoms. The van der Waals surface area contributed by atoms with Gasteiger partial charge in [0.1, 0.15) is 12.4 Å². The third-order valence-electron chi connectivity index (χ3n) is 6.11. The molecule has 29 heavy (non-hydrogen) atoms. The van der Waals surface area contributed by atoms with Crippen molar-refractivity contribution in [2.45, 2.75) is 31.4 Å². The highest BCUT2D eigenvalue weighted by molar-refractivity contribution is 5.71. The van der Waals surface area contributed by atoms with Gasteiger partial charge in [-0.05, 0) is 64.8 Å². The second-order valence-corrected chi connectivity index (χ2v) is 7.82. The number of benzene rings is 3. The lowest BCUT2D eigenvalue weighted by molar-refractivity contribution is 0.0694. The van der Waals surface area contributed by atoms with Gasteiger partial charge >= 0.3 is 6.09 Å². The molecule has 1 aliphatic heterocycles. The van der Waals surface area contributed by atoms with Crippen LogP contribution < -0.4 is 0 Å². The summed E-state index contributed by atoms with van der Waals surface area (Å²) < 4.78 is 18.9. The number of amides is 1. The normalized spacial score (nSPS) is 19.7. The first-order chi connectivity index (χ1) is 14.2. The quantitative estimate of drug-likeness (QED) is 0.546. The van der Waals surface area contributed by atoms with E-state index in [2.05, 4.69) is 18.2 Å². The topological polar surface area (TPSA) is 29.5 Å². The third-order valence-corrected chi connectivity index (χ3v) is 6.11. The van der Waals surface area contributed by atoms with Crippen LogP contribution in [0.25, 0.3) is 11.1 Å². The second-order valence-electron chi connectivity index (χ2n) is 7.82. The van der Waals surface area contributed by atoms with Crippen molar-refractivity contribution in [3.8, 4) is 11.1 Å². The minimum Gasteiger partial charge on any atom is -0.445 e. The van der Waals surface area contributed by atoms with Gasteiger partial charge in [-0.15, -0.1) is 0 Å². The van der Waals surface area contributed by atoms with Crippen LogP contribution in [-0.4, -0.2) is 17.5 Å². The van der Waals surface area contributed by atoms with Crippen molar-refractivity contribution in [3.63, 3.8) is 0 Å². The van der Waals surface area contributed by atoms with Gasteiger partial charge in [-0.2, -0.15) is 0 Å². The van der Waals surface area contributed by atoms with Gasteiger partial charge in [-0.25, -0.2) is 9.18 Å². The Bertz CT molecular complexity index is 1030. The summed E-state index contributed by atoms with van der Waals surface area (Å²) in [5, 5.41) is 0. The Balaban J connectivity index is 1.38. The van der Waals surface area contributed by atoms with Crippen LogP contribution in [0.2, 0.25) is 0 Å². The standard InChI is InChI=1S/C25H22FNO2/c26-21-9-6-18(7-10-21)19-8-11-22-20-12-13-27(24(15-20)23(22)14-19)25(28)29-16-17-4-2-1-3-5-17/h1-11,14,20,24H,12-13,15-16H2/t20-,24-/m1/s1. The first-order valence-electron chi connectivity index (χ1n) is 10.1. The first-order valence-corrected chi connectivity index (χ1v) is 10.1. The summed E-state index contributed by atoms with van der Waals surface area (Å²) >= 11 is 0. The van der Waals surface area contributed by atoms with Crippen LogP contribution in [0, 0.1) is 5.82 Å². The molecule has 146 valence electrons. The largest absolute Gasteiger partial charge is 0.445 e. The predicted octanol–water partition coefficient (Wildman–Crippen LogP) is 6.06. The highest BCUT2D eigenvalue weighted by Crippen LogP contribution is 2.50. The van der Waals surface area contributed by atoms with Gasteiger partial charge < -0.3 is 9.64 Å². The number of carbonyl (C=O) groups is 1. The van der Waals surface area contributed by atoms with Gasteiger partial charge in [0, 0.05) is 6.54 Å². The van der Waals surface area contributed by atoms with Crippen LogP contribution in [0.1, 0.15) is 41.5 Å². The molecule has 2 atom stereocenters. The number of fused-ring (bicyclic) bond motifs is 5. The smallest absolute Gasteiger partial charge is 0.410 e. The maximum Gasteiger partial charge on any atom is 0.410 e. The van der Waals surface area contributed by atoms with E-state index in [0.717, 1.165) is 29.5 Å². The van der Waals surface area contributed by atoms with Crippen LogP contribution >= 0.6 is 0 Å². The van der Waals surface area contributed by atoms with Crippen molar-refractivity contribution in [2.24, 2.45) is 0 Å². The van der Waals surface area contributed by atoms with Crippen molar-refractivity contribution < 1.29 is 13.9 Å². The van der Waals surface area contributed by atoms with Crippen molar-refractivity contribution in [3.05, 3.63) is 95.3 Å². The van der Waals surface area contributed by atoms with Crippen LogP contribution in [0.4, 0.5) is 9.18 Å². The fourth-order valence-corrected chi connectivity index (χ4v) is 4.62. The minimum atomic E-state index is -0.252. The summed E-state index contributed by atoms with van der Waals surface area (Å²) in [6.07, 6.45) is 1.65. The molecular formula is C25H22FNO2. The number of nitrogens with zero attached hydrogens (tertiary/aromatic N) is 1. The van der Waals surface area contributed by atoms with Gasteiger partial charge in [-0.3, -0.25) is 0 Å². The lowest BCUT2D eigenvalue weighted by atomic mass is 9.95. The fourth-order valence-electron chi connectivity index (χ4n) is 4.62. The maximum atomic E-state index is 13.3. The van der Waals surface area contributed by atoms with E-state index in [1.807, 2.05) is 35.2 Å². The van der Waals surface area contributed by atoms with E-state index in [1.165, 1.54) is 23.3 Å². The molecule has 0 unspecified atom stereocenters. The first kappa shape index (κ1) is 17.9. The van der Waals surface area contributed by atoms with E-state index in [4.69, 9.17) is 4.74 Å². The monoisotopic (exact) mass is 387 g/mol. The SMILES string of the molecule is O=C(OCc1ccccc1)N1CC[C@@H]2C[C@@H]1c1cc(-c3ccc(F)cc3)ccc12. The van der Waals surface area contributed by atoms with Crippen LogP contribution in [0.3, 0.4) is 0 Å². The zero-order chi connectivity index (χ0) is 19.8. The number of halogens is 1. The molecule has 0 aromatic heterocycles. The lowest BCUT2D eigenvalue weighted by Gasteiger charge is -2.33. The van der Waals surface area contributed by atoms with Gasteiger partial charge in [-0.1, -0.05) is 54.6 Å². The number of piperidine rings is 1. The molecule has 1 aliphatic carbocycles. The number of hydrogen-bond donors (Lipinski definition) is 0. The van der Waals surface area contributed by atoms with Crippen molar-refractivity contribution >= 4 is 6.09 Å². The number of likely N-dealkylation sites (tertiary alicyclic amines) is 1. The number of rotatable bonds is 3. The van der Waals surface area contributed by atoms with Crippen molar-refractivity contribution in [1.82, 2.24) is 4.90 Å².